The number of hydrogen-bond donors (Lipinski definition) is 0. The molecule has 0 radical (unpaired) electrons. The van der Waals surface area contributed by atoms with E-state index in [1.165, 1.54) is 66.7 Å². The highest BCUT2D eigenvalue weighted by Crippen LogP contribution is 2.53. The highest BCUT2D eigenvalue weighted by molar-refractivity contribution is 6.07. The molecule has 2 aliphatic rings. The molecule has 3 heteroatoms. The largest absolute Gasteiger partial charge is 0.333 e. The molecule has 0 amide bonds. The molecule has 0 saturated heterocycles. The summed E-state index contributed by atoms with van der Waals surface area (Å²) in [7, 11) is 0. The van der Waals surface area contributed by atoms with Gasteiger partial charge in [0.1, 0.15) is 0 Å². The van der Waals surface area contributed by atoms with Gasteiger partial charge in [0, 0.05) is 33.9 Å². The van der Waals surface area contributed by atoms with E-state index in [0.717, 1.165) is 44.4 Å². The zero-order valence-electron chi connectivity index (χ0n) is 37.8. The number of nitrogens with zero attached hydrogens (tertiary/aromatic N) is 3. The van der Waals surface area contributed by atoms with Crippen molar-refractivity contribution < 1.29 is 0 Å². The zero-order valence-corrected chi connectivity index (χ0v) is 37.8. The van der Waals surface area contributed by atoms with Crippen LogP contribution in [0.15, 0.2) is 261 Å². The van der Waals surface area contributed by atoms with Crippen molar-refractivity contribution in [1.82, 2.24) is 9.97 Å². The summed E-state index contributed by atoms with van der Waals surface area (Å²) in [4.78, 5) is 13.4. The molecule has 69 heavy (non-hydrogen) atoms. The topological polar surface area (TPSA) is 29.0 Å². The van der Waals surface area contributed by atoms with E-state index in [1.807, 2.05) is 0 Å². The van der Waals surface area contributed by atoms with E-state index in [2.05, 4.69) is 266 Å². The predicted molar refractivity (Wildman–Crippen MR) is 288 cm³/mol. The number of rotatable bonds is 8. The van der Waals surface area contributed by atoms with Crippen molar-refractivity contribution in [2.75, 3.05) is 4.90 Å². The fourth-order valence-electron chi connectivity index (χ4n) is 10.7. The van der Waals surface area contributed by atoms with Gasteiger partial charge in [-0.15, -0.1) is 0 Å². The van der Waals surface area contributed by atoms with Gasteiger partial charge in [0.15, 0.2) is 5.82 Å². The molecule has 1 aliphatic carbocycles. The zero-order chi connectivity index (χ0) is 45.7. The first-order chi connectivity index (χ1) is 34.2. The van der Waals surface area contributed by atoms with Crippen LogP contribution in [-0.4, -0.2) is 16.0 Å². The highest BCUT2D eigenvalue weighted by atomic mass is 15.2. The van der Waals surface area contributed by atoms with Crippen LogP contribution in [0.3, 0.4) is 0 Å². The molecule has 13 rings (SSSR count). The molecule has 0 N–H and O–H groups in total. The Kier molecular flexibility index (Phi) is 9.98. The van der Waals surface area contributed by atoms with Crippen LogP contribution >= 0.6 is 0 Å². The van der Waals surface area contributed by atoms with Crippen molar-refractivity contribution in [3.63, 3.8) is 0 Å². The summed E-state index contributed by atoms with van der Waals surface area (Å²) < 4.78 is 0. The standard InChI is InChI=1S/C66H45N3/c1-3-15-44(16-4-1)45-29-31-46(32-30-45)47-33-37-50(38-34-47)62-43-63(51-39-35-49(36-40-51)54-25-13-18-48-17-7-8-21-53(48)54)68-66(67-62)61-42-41-57(55-22-9-10-23-56(55)61)59-26-14-27-60-58-24-11-12-28-64(58)69(65(59)60)52-19-5-2-6-20-52/h1-43,58,64H. The number of para-hydroxylation sites is 2. The summed E-state index contributed by atoms with van der Waals surface area (Å²) >= 11 is 0. The second-order valence-electron chi connectivity index (χ2n) is 18.0. The summed E-state index contributed by atoms with van der Waals surface area (Å²) in [5, 5.41) is 4.74. The van der Waals surface area contributed by atoms with Crippen LogP contribution in [0.5, 0.6) is 0 Å². The SMILES string of the molecule is C1=CC2c3cccc(-c4ccc(-c5nc(-c6ccc(-c7ccc(-c8ccccc8)cc7)cc6)cc(-c6ccc(-c7cccc8ccccc78)cc6)n5)c5ccccc45)c3N(c3ccccc3)C2C=C1. The minimum absolute atomic E-state index is 0.198. The molecule has 0 fully saturated rings. The Labute approximate surface area is 402 Å². The van der Waals surface area contributed by atoms with Crippen LogP contribution in [0.1, 0.15) is 11.5 Å². The first-order valence-electron chi connectivity index (χ1n) is 23.8. The maximum absolute atomic E-state index is 5.43. The average molecular weight is 880 g/mol. The number of hydrogen-bond acceptors (Lipinski definition) is 3. The third-order valence-electron chi connectivity index (χ3n) is 14.1. The monoisotopic (exact) mass is 879 g/mol. The minimum atomic E-state index is 0.198. The Morgan fingerprint density at radius 2 is 0.826 bits per heavy atom. The first kappa shape index (κ1) is 40.4. The van der Waals surface area contributed by atoms with Gasteiger partial charge < -0.3 is 4.90 Å². The van der Waals surface area contributed by atoms with Gasteiger partial charge in [-0.1, -0.05) is 237 Å². The van der Waals surface area contributed by atoms with E-state index < -0.39 is 0 Å². The van der Waals surface area contributed by atoms with Crippen molar-refractivity contribution >= 4 is 32.9 Å². The Bertz CT molecular complexity index is 3760. The molecule has 2 unspecified atom stereocenters. The first-order valence-corrected chi connectivity index (χ1v) is 23.8. The fourth-order valence-corrected chi connectivity index (χ4v) is 10.7. The third kappa shape index (κ3) is 7.24. The summed E-state index contributed by atoms with van der Waals surface area (Å²) in [6.45, 7) is 0. The van der Waals surface area contributed by atoms with Crippen LogP contribution in [0.25, 0.3) is 100.0 Å². The number of benzene rings is 10. The Balaban J connectivity index is 0.930. The Morgan fingerprint density at radius 3 is 1.51 bits per heavy atom. The molecular weight excluding hydrogens is 835 g/mol. The van der Waals surface area contributed by atoms with Crippen molar-refractivity contribution in [3.05, 3.63) is 266 Å². The molecule has 0 bridgehead atoms. The molecule has 1 aliphatic heterocycles. The van der Waals surface area contributed by atoms with Gasteiger partial charge in [-0.3, -0.25) is 0 Å². The maximum atomic E-state index is 5.43. The van der Waals surface area contributed by atoms with Gasteiger partial charge in [-0.2, -0.15) is 0 Å². The lowest BCUT2D eigenvalue weighted by atomic mass is 9.89. The molecular formula is C66H45N3. The summed E-state index contributed by atoms with van der Waals surface area (Å²) in [5.41, 5.74) is 18.1. The smallest absolute Gasteiger partial charge is 0.161 e. The molecule has 3 nitrogen and oxygen atoms in total. The van der Waals surface area contributed by atoms with E-state index in [-0.39, 0.29) is 12.0 Å². The van der Waals surface area contributed by atoms with Gasteiger partial charge >= 0.3 is 0 Å². The number of aromatic nitrogens is 2. The van der Waals surface area contributed by atoms with Crippen LogP contribution in [0.4, 0.5) is 11.4 Å². The quantitative estimate of drug-likeness (QED) is 0.152. The third-order valence-corrected chi connectivity index (χ3v) is 14.1. The summed E-state index contributed by atoms with van der Waals surface area (Å²) in [6.07, 6.45) is 9.08. The van der Waals surface area contributed by atoms with Gasteiger partial charge in [0.25, 0.3) is 0 Å². The second kappa shape index (κ2) is 17.1. The summed E-state index contributed by atoms with van der Waals surface area (Å²) in [5.74, 6) is 0.954. The molecule has 2 atom stereocenters. The van der Waals surface area contributed by atoms with E-state index in [1.54, 1.807) is 0 Å². The van der Waals surface area contributed by atoms with Crippen LogP contribution in [0.2, 0.25) is 0 Å². The molecule has 11 aromatic rings. The maximum Gasteiger partial charge on any atom is 0.161 e. The lowest BCUT2D eigenvalue weighted by Gasteiger charge is -2.30. The number of anilines is 2. The van der Waals surface area contributed by atoms with E-state index >= 15 is 0 Å². The van der Waals surface area contributed by atoms with Crippen molar-refractivity contribution in [3.8, 4) is 78.4 Å². The molecule has 2 heterocycles. The van der Waals surface area contributed by atoms with Crippen molar-refractivity contribution in [2.24, 2.45) is 0 Å². The van der Waals surface area contributed by atoms with E-state index in [9.17, 15) is 0 Å². The van der Waals surface area contributed by atoms with Crippen LogP contribution in [-0.2, 0) is 0 Å². The lowest BCUT2D eigenvalue weighted by Crippen LogP contribution is -2.28. The molecule has 1 aromatic heterocycles. The molecule has 0 spiro atoms. The van der Waals surface area contributed by atoms with Gasteiger partial charge in [0.2, 0.25) is 0 Å². The van der Waals surface area contributed by atoms with E-state index in [4.69, 9.17) is 9.97 Å². The average Bonchev–Trinajstić information content (AvgIpc) is 3.78. The van der Waals surface area contributed by atoms with Crippen LogP contribution in [0, 0.1) is 0 Å². The van der Waals surface area contributed by atoms with Gasteiger partial charge in [-0.05, 0) is 90.3 Å². The van der Waals surface area contributed by atoms with Gasteiger partial charge in [0.05, 0.1) is 23.1 Å². The lowest BCUT2D eigenvalue weighted by molar-refractivity contribution is 0.745. The van der Waals surface area contributed by atoms with Gasteiger partial charge in [-0.25, -0.2) is 9.97 Å². The molecule has 10 aromatic carbocycles. The molecule has 0 saturated carbocycles. The normalized spacial score (nSPS) is 14.8. The highest BCUT2D eigenvalue weighted by Gasteiger charge is 2.39. The molecule has 324 valence electrons. The Morgan fingerprint density at radius 1 is 0.333 bits per heavy atom. The van der Waals surface area contributed by atoms with E-state index in [0.29, 0.717) is 5.82 Å². The number of fused-ring (bicyclic) bond motifs is 5. The fraction of sp³-hybridized carbons (Fsp3) is 0.0303. The van der Waals surface area contributed by atoms with Crippen molar-refractivity contribution in [2.45, 2.75) is 12.0 Å². The minimum Gasteiger partial charge on any atom is -0.333 e. The predicted octanol–water partition coefficient (Wildman–Crippen LogP) is 17.2. The number of allylic oxidation sites excluding steroid dienone is 2. The van der Waals surface area contributed by atoms with Crippen LogP contribution < -0.4 is 4.90 Å². The Hall–Kier alpha value is -8.92. The summed E-state index contributed by atoms with van der Waals surface area (Å²) in [6, 6.07) is 85.4. The van der Waals surface area contributed by atoms with Crippen molar-refractivity contribution in [1.29, 1.82) is 0 Å². The second-order valence-corrected chi connectivity index (χ2v) is 18.0.